The number of benzene rings is 10. The van der Waals surface area contributed by atoms with Crippen molar-refractivity contribution in [2.24, 2.45) is 0 Å². The van der Waals surface area contributed by atoms with Crippen LogP contribution in [-0.4, -0.2) is 10.6 Å². The van der Waals surface area contributed by atoms with Crippen LogP contribution in [0.4, 0.5) is 28.4 Å². The molecule has 0 N–H and O–H groups in total. The van der Waals surface area contributed by atoms with E-state index in [0.29, 0.717) is 0 Å². The summed E-state index contributed by atoms with van der Waals surface area (Å²) in [5.41, 5.74) is 20.2. The second-order valence-electron chi connectivity index (χ2n) is 18.1. The molecule has 2 unspecified atom stereocenters. The lowest BCUT2D eigenvalue weighted by atomic mass is 9.89. The number of aromatic nitrogens is 1. The van der Waals surface area contributed by atoms with Crippen molar-refractivity contribution in [2.75, 3.05) is 9.80 Å². The van der Waals surface area contributed by atoms with Gasteiger partial charge in [-0.25, -0.2) is 0 Å². The fraction of sp³-hybridized carbons (Fsp3) is 0.0303. The fourth-order valence-corrected chi connectivity index (χ4v) is 10.8. The molecule has 0 radical (unpaired) electrons. The number of allylic oxidation sites excluding steroid dienone is 2. The van der Waals surface area contributed by atoms with Crippen LogP contribution in [0, 0.1) is 0 Å². The number of fused-ring (bicyclic) bond motifs is 6. The highest BCUT2D eigenvalue weighted by molar-refractivity contribution is 6.10. The van der Waals surface area contributed by atoms with Crippen LogP contribution in [0.2, 0.25) is 0 Å². The molecule has 0 spiro atoms. The van der Waals surface area contributed by atoms with Gasteiger partial charge in [-0.15, -0.1) is 0 Å². The third kappa shape index (κ3) is 7.15. The predicted octanol–water partition coefficient (Wildman–Crippen LogP) is 17.7. The molecule has 0 amide bonds. The number of hydrogen-bond donors (Lipinski definition) is 0. The quantitative estimate of drug-likeness (QED) is 0.143. The minimum Gasteiger partial charge on any atom is -0.333 e. The van der Waals surface area contributed by atoms with Crippen LogP contribution in [0.25, 0.3) is 72.0 Å². The second-order valence-corrected chi connectivity index (χ2v) is 18.1. The molecule has 0 bridgehead atoms. The van der Waals surface area contributed by atoms with Crippen molar-refractivity contribution in [3.05, 3.63) is 279 Å². The molecular formula is C66H47N3. The van der Waals surface area contributed by atoms with Gasteiger partial charge in [-0.1, -0.05) is 182 Å². The summed E-state index contributed by atoms with van der Waals surface area (Å²) >= 11 is 0. The zero-order chi connectivity index (χ0) is 45.7. The summed E-state index contributed by atoms with van der Waals surface area (Å²) < 4.78 is 2.37. The van der Waals surface area contributed by atoms with Crippen molar-refractivity contribution in [1.29, 1.82) is 0 Å². The first kappa shape index (κ1) is 40.4. The van der Waals surface area contributed by atoms with Gasteiger partial charge in [0.1, 0.15) is 0 Å². The van der Waals surface area contributed by atoms with Crippen LogP contribution in [0.1, 0.15) is 11.5 Å². The Morgan fingerprint density at radius 1 is 0.348 bits per heavy atom. The van der Waals surface area contributed by atoms with E-state index in [1.54, 1.807) is 0 Å². The van der Waals surface area contributed by atoms with E-state index in [-0.39, 0.29) is 12.0 Å². The van der Waals surface area contributed by atoms with Gasteiger partial charge in [-0.05, 0) is 136 Å². The van der Waals surface area contributed by atoms with Crippen molar-refractivity contribution in [3.8, 4) is 50.2 Å². The van der Waals surface area contributed by atoms with E-state index in [1.165, 1.54) is 77.7 Å². The van der Waals surface area contributed by atoms with Gasteiger partial charge in [0, 0.05) is 50.7 Å². The van der Waals surface area contributed by atoms with Gasteiger partial charge in [0.2, 0.25) is 0 Å². The molecule has 10 aromatic carbocycles. The van der Waals surface area contributed by atoms with E-state index in [0.717, 1.165) is 28.3 Å². The maximum absolute atomic E-state index is 2.49. The summed E-state index contributed by atoms with van der Waals surface area (Å²) in [6, 6.07) is 91.0. The van der Waals surface area contributed by atoms with Crippen molar-refractivity contribution in [3.63, 3.8) is 0 Å². The molecule has 1 aliphatic carbocycles. The Labute approximate surface area is 403 Å². The number of para-hydroxylation sites is 3. The molecule has 3 heteroatoms. The molecule has 0 saturated heterocycles. The average Bonchev–Trinajstić information content (AvgIpc) is 3.95. The monoisotopic (exact) mass is 881 g/mol. The summed E-state index contributed by atoms with van der Waals surface area (Å²) in [5, 5.41) is 2.49. The van der Waals surface area contributed by atoms with Gasteiger partial charge >= 0.3 is 0 Å². The zero-order valence-corrected chi connectivity index (χ0v) is 38.0. The predicted molar refractivity (Wildman–Crippen MR) is 291 cm³/mol. The van der Waals surface area contributed by atoms with Crippen LogP contribution in [-0.2, 0) is 0 Å². The van der Waals surface area contributed by atoms with E-state index in [4.69, 9.17) is 0 Å². The Morgan fingerprint density at radius 2 is 0.855 bits per heavy atom. The highest BCUT2D eigenvalue weighted by Gasteiger charge is 2.37. The first-order valence-corrected chi connectivity index (χ1v) is 23.9. The van der Waals surface area contributed by atoms with Gasteiger partial charge in [0.05, 0.1) is 22.8 Å². The van der Waals surface area contributed by atoms with Crippen LogP contribution in [0.3, 0.4) is 0 Å². The summed E-state index contributed by atoms with van der Waals surface area (Å²) in [6.07, 6.45) is 9.08. The maximum Gasteiger partial charge on any atom is 0.0629 e. The van der Waals surface area contributed by atoms with Gasteiger partial charge in [0.15, 0.2) is 0 Å². The van der Waals surface area contributed by atoms with E-state index in [2.05, 4.69) is 287 Å². The normalized spacial score (nSPS) is 14.8. The number of rotatable bonds is 9. The minimum absolute atomic E-state index is 0.251. The van der Waals surface area contributed by atoms with Crippen LogP contribution in [0.15, 0.2) is 273 Å². The van der Waals surface area contributed by atoms with E-state index < -0.39 is 0 Å². The highest BCUT2D eigenvalue weighted by Crippen LogP contribution is 2.49. The Morgan fingerprint density at radius 3 is 1.55 bits per heavy atom. The summed E-state index contributed by atoms with van der Waals surface area (Å²) in [4.78, 5) is 4.91. The molecular weight excluding hydrogens is 835 g/mol. The van der Waals surface area contributed by atoms with Crippen molar-refractivity contribution in [2.45, 2.75) is 12.0 Å². The summed E-state index contributed by atoms with van der Waals surface area (Å²) in [5.74, 6) is 0.287. The first-order valence-electron chi connectivity index (χ1n) is 23.9. The Kier molecular flexibility index (Phi) is 9.98. The van der Waals surface area contributed by atoms with E-state index >= 15 is 0 Å². The lowest BCUT2D eigenvalue weighted by Crippen LogP contribution is -2.28. The van der Waals surface area contributed by atoms with Crippen molar-refractivity contribution in [1.82, 2.24) is 4.57 Å². The highest BCUT2D eigenvalue weighted by atomic mass is 15.2. The number of anilines is 5. The fourth-order valence-electron chi connectivity index (χ4n) is 10.8. The van der Waals surface area contributed by atoms with Crippen LogP contribution in [0.5, 0.6) is 0 Å². The number of hydrogen-bond acceptors (Lipinski definition) is 2. The molecule has 0 fully saturated rings. The third-order valence-corrected chi connectivity index (χ3v) is 14.1. The summed E-state index contributed by atoms with van der Waals surface area (Å²) in [6.45, 7) is 0. The van der Waals surface area contributed by atoms with Gasteiger partial charge in [-0.2, -0.15) is 0 Å². The molecule has 2 aliphatic rings. The van der Waals surface area contributed by atoms with Gasteiger partial charge in [-0.3, -0.25) is 0 Å². The number of nitrogens with zero attached hydrogens (tertiary/aromatic N) is 3. The molecule has 69 heavy (non-hydrogen) atoms. The third-order valence-electron chi connectivity index (χ3n) is 14.1. The molecule has 326 valence electrons. The zero-order valence-electron chi connectivity index (χ0n) is 38.0. The van der Waals surface area contributed by atoms with Crippen molar-refractivity contribution < 1.29 is 0 Å². The minimum atomic E-state index is 0.251. The average molecular weight is 882 g/mol. The largest absolute Gasteiger partial charge is 0.333 e. The van der Waals surface area contributed by atoms with E-state index in [9.17, 15) is 0 Å². The van der Waals surface area contributed by atoms with Gasteiger partial charge < -0.3 is 14.4 Å². The molecule has 11 aromatic rings. The lowest BCUT2D eigenvalue weighted by molar-refractivity contribution is 0.745. The smallest absolute Gasteiger partial charge is 0.0629 e. The Hall–Kier alpha value is -8.92. The molecule has 1 aliphatic heterocycles. The lowest BCUT2D eigenvalue weighted by Gasteiger charge is -2.29. The second kappa shape index (κ2) is 17.1. The molecule has 13 rings (SSSR count). The molecule has 0 saturated carbocycles. The molecule has 1 aromatic heterocycles. The van der Waals surface area contributed by atoms with Gasteiger partial charge in [0.25, 0.3) is 0 Å². The summed E-state index contributed by atoms with van der Waals surface area (Å²) in [7, 11) is 0. The van der Waals surface area contributed by atoms with Crippen LogP contribution < -0.4 is 9.80 Å². The molecule has 2 atom stereocenters. The van der Waals surface area contributed by atoms with Crippen molar-refractivity contribution >= 4 is 50.2 Å². The Bertz CT molecular complexity index is 3700. The van der Waals surface area contributed by atoms with Crippen LogP contribution >= 0.6 is 0 Å². The molecule has 3 nitrogen and oxygen atoms in total. The standard InChI is InChI=1S/C66H47N3/c1-5-17-46(18-6-1)50-33-40-64(59(43-50)49-19-7-2-8-20-49)67(55-36-29-47(30-37-55)51-34-41-65-60(44-51)57-25-13-15-27-62(57)68(65)53-21-9-3-10-22-53)56-38-31-48(32-39-56)52-35-42-66-61(45-52)58-26-14-16-28-63(58)69(66)54-23-11-4-12-24-54/h1-45,57,62H. The first-order chi connectivity index (χ1) is 34.2. The maximum atomic E-state index is 2.49. The van der Waals surface area contributed by atoms with E-state index in [1.807, 2.05) is 0 Å². The Balaban J connectivity index is 0.911. The SMILES string of the molecule is C1=CC2c3cc(-c4ccc(N(c5ccc(-c6ccc7c(c6)c6ccccc6n7-c6ccccc6)cc5)c5ccc(-c6ccccc6)cc5-c5ccccc5)cc4)ccc3N(c3ccccc3)C2C=C1. The molecule has 2 heterocycles. The topological polar surface area (TPSA) is 11.4 Å².